The number of benzene rings is 2. The van der Waals surface area contributed by atoms with Crippen LogP contribution < -0.4 is 5.32 Å². The normalized spacial score (nSPS) is 21.3. The van der Waals surface area contributed by atoms with Gasteiger partial charge in [0.15, 0.2) is 0 Å². The highest BCUT2D eigenvalue weighted by molar-refractivity contribution is 9.10. The molecule has 1 spiro atoms. The molecule has 2 aromatic rings. The maximum atomic E-state index is 13.4. The third-order valence-electron chi connectivity index (χ3n) is 8.91. The van der Waals surface area contributed by atoms with Gasteiger partial charge in [-0.05, 0) is 81.4 Å². The van der Waals surface area contributed by atoms with Crippen LogP contribution in [0.3, 0.4) is 0 Å². The maximum Gasteiger partial charge on any atom is 0.229 e. The van der Waals surface area contributed by atoms with Gasteiger partial charge in [-0.3, -0.25) is 9.59 Å². The molecule has 37 heavy (non-hydrogen) atoms. The number of piperidine rings is 1. The van der Waals surface area contributed by atoms with Crippen LogP contribution in [-0.4, -0.2) is 53.8 Å². The van der Waals surface area contributed by atoms with E-state index in [-0.39, 0.29) is 17.2 Å². The van der Waals surface area contributed by atoms with Crippen LogP contribution in [0.2, 0.25) is 0 Å². The lowest BCUT2D eigenvalue weighted by atomic mass is 9.77. The van der Waals surface area contributed by atoms with Crippen LogP contribution in [-0.2, 0) is 16.1 Å². The molecule has 2 aromatic carbocycles. The summed E-state index contributed by atoms with van der Waals surface area (Å²) in [6.07, 6.45) is 9.56. The first-order valence-corrected chi connectivity index (χ1v) is 14.9. The number of rotatable bonds is 8. The molecule has 6 heteroatoms. The molecule has 5 nitrogen and oxygen atoms in total. The Morgan fingerprint density at radius 1 is 0.946 bits per heavy atom. The SMILES string of the molecule is O=C(NC1CCCCC1)C(CCN1CCC2(CC1)CCN(Cc1ccc(Br)cc1)C2=O)c1ccccc1. The summed E-state index contributed by atoms with van der Waals surface area (Å²) < 4.78 is 1.06. The van der Waals surface area contributed by atoms with Crippen LogP contribution in [0, 0.1) is 5.41 Å². The number of likely N-dealkylation sites (tertiary alicyclic amines) is 2. The number of hydrogen-bond acceptors (Lipinski definition) is 3. The van der Waals surface area contributed by atoms with E-state index in [0.717, 1.165) is 74.7 Å². The standard InChI is InChI=1S/C31H40BrN3O2/c32-26-13-11-24(12-14-26)23-35-22-18-31(30(35)37)16-20-34(21-17-31)19-15-28(25-7-3-1-4-8-25)29(36)33-27-9-5-2-6-10-27/h1,3-4,7-8,11-14,27-28H,2,5-6,9-10,15-23H2,(H,33,36). The molecule has 1 aliphatic carbocycles. The Kier molecular flexibility index (Phi) is 8.66. The average molecular weight is 567 g/mol. The average Bonchev–Trinajstić information content (AvgIpc) is 3.22. The smallest absolute Gasteiger partial charge is 0.229 e. The van der Waals surface area contributed by atoms with Crippen molar-refractivity contribution < 1.29 is 9.59 Å². The van der Waals surface area contributed by atoms with Crippen LogP contribution in [0.15, 0.2) is 59.1 Å². The van der Waals surface area contributed by atoms with Gasteiger partial charge in [0, 0.05) is 23.6 Å². The molecule has 198 valence electrons. The minimum absolute atomic E-state index is 0.117. The number of amides is 2. The molecular weight excluding hydrogens is 526 g/mol. The second kappa shape index (κ2) is 12.1. The van der Waals surface area contributed by atoms with Crippen LogP contribution in [0.4, 0.5) is 0 Å². The van der Waals surface area contributed by atoms with Gasteiger partial charge in [-0.15, -0.1) is 0 Å². The van der Waals surface area contributed by atoms with Gasteiger partial charge in [-0.2, -0.15) is 0 Å². The van der Waals surface area contributed by atoms with Gasteiger partial charge in [0.25, 0.3) is 0 Å². The summed E-state index contributed by atoms with van der Waals surface area (Å²) in [4.78, 5) is 31.3. The molecule has 2 saturated heterocycles. The molecule has 0 bridgehead atoms. The molecule has 0 radical (unpaired) electrons. The highest BCUT2D eigenvalue weighted by atomic mass is 79.9. The van der Waals surface area contributed by atoms with Gasteiger partial charge < -0.3 is 15.1 Å². The van der Waals surface area contributed by atoms with E-state index in [4.69, 9.17) is 0 Å². The number of hydrogen-bond donors (Lipinski definition) is 1. The second-order valence-corrected chi connectivity index (χ2v) is 12.2. The number of carbonyl (C=O) groups excluding carboxylic acids is 2. The number of halogens is 1. The summed E-state index contributed by atoms with van der Waals surface area (Å²) in [6, 6.07) is 18.9. The third kappa shape index (κ3) is 6.46. The summed E-state index contributed by atoms with van der Waals surface area (Å²) in [6.45, 7) is 4.32. The van der Waals surface area contributed by atoms with Crippen LogP contribution in [0.5, 0.6) is 0 Å². The summed E-state index contributed by atoms with van der Waals surface area (Å²) in [5.74, 6) is 0.402. The summed E-state index contributed by atoms with van der Waals surface area (Å²) in [7, 11) is 0. The highest BCUT2D eigenvalue weighted by Crippen LogP contribution is 2.42. The molecule has 3 aliphatic rings. The van der Waals surface area contributed by atoms with Crippen molar-refractivity contribution in [3.8, 4) is 0 Å². The molecule has 5 rings (SSSR count). The zero-order chi connectivity index (χ0) is 25.7. The Labute approximate surface area is 230 Å². The van der Waals surface area contributed by atoms with Crippen molar-refractivity contribution >= 4 is 27.7 Å². The lowest BCUT2D eigenvalue weighted by Crippen LogP contribution is -2.45. The van der Waals surface area contributed by atoms with E-state index in [1.165, 1.54) is 24.8 Å². The van der Waals surface area contributed by atoms with E-state index >= 15 is 0 Å². The van der Waals surface area contributed by atoms with E-state index in [1.807, 2.05) is 30.3 Å². The first-order chi connectivity index (χ1) is 18.0. The van der Waals surface area contributed by atoms with Gasteiger partial charge in [-0.25, -0.2) is 0 Å². The van der Waals surface area contributed by atoms with Gasteiger partial charge in [0.1, 0.15) is 0 Å². The Morgan fingerprint density at radius 3 is 2.32 bits per heavy atom. The molecule has 1 unspecified atom stereocenters. The topological polar surface area (TPSA) is 52.7 Å². The molecule has 3 fully saturated rings. The molecule has 1 saturated carbocycles. The monoisotopic (exact) mass is 565 g/mol. The molecule has 2 amide bonds. The molecule has 2 aliphatic heterocycles. The van der Waals surface area contributed by atoms with Crippen LogP contribution in [0.1, 0.15) is 74.8 Å². The van der Waals surface area contributed by atoms with Gasteiger partial charge in [-0.1, -0.05) is 77.7 Å². The van der Waals surface area contributed by atoms with E-state index in [1.54, 1.807) is 0 Å². The fraction of sp³-hybridized carbons (Fsp3) is 0.548. The van der Waals surface area contributed by atoms with Crippen LogP contribution in [0.25, 0.3) is 0 Å². The molecule has 1 atom stereocenters. The Morgan fingerprint density at radius 2 is 1.62 bits per heavy atom. The fourth-order valence-electron chi connectivity index (χ4n) is 6.52. The predicted octanol–water partition coefficient (Wildman–Crippen LogP) is 5.89. The zero-order valence-electron chi connectivity index (χ0n) is 21.8. The molecule has 1 N–H and O–H groups in total. The minimum atomic E-state index is -0.191. The maximum absolute atomic E-state index is 13.4. The van der Waals surface area contributed by atoms with Gasteiger partial charge in [0.2, 0.25) is 11.8 Å². The Balaban J connectivity index is 1.15. The first kappa shape index (κ1) is 26.4. The summed E-state index contributed by atoms with van der Waals surface area (Å²) in [5, 5.41) is 3.37. The van der Waals surface area contributed by atoms with E-state index in [9.17, 15) is 9.59 Å². The number of nitrogens with zero attached hydrogens (tertiary/aromatic N) is 2. The quantitative estimate of drug-likeness (QED) is 0.434. The largest absolute Gasteiger partial charge is 0.353 e. The second-order valence-electron chi connectivity index (χ2n) is 11.3. The minimum Gasteiger partial charge on any atom is -0.353 e. The zero-order valence-corrected chi connectivity index (χ0v) is 23.4. The molecular formula is C31H40BrN3O2. The summed E-state index contributed by atoms with van der Waals surface area (Å²) >= 11 is 3.49. The predicted molar refractivity (Wildman–Crippen MR) is 151 cm³/mol. The van der Waals surface area contributed by atoms with Crippen molar-refractivity contribution in [2.24, 2.45) is 5.41 Å². The number of carbonyl (C=O) groups is 2. The summed E-state index contributed by atoms with van der Waals surface area (Å²) in [5.41, 5.74) is 2.10. The molecule has 0 aromatic heterocycles. The lowest BCUT2D eigenvalue weighted by Gasteiger charge is -2.38. The van der Waals surface area contributed by atoms with Crippen molar-refractivity contribution in [3.63, 3.8) is 0 Å². The Bertz CT molecular complexity index is 1040. The van der Waals surface area contributed by atoms with Crippen LogP contribution >= 0.6 is 15.9 Å². The fourth-order valence-corrected chi connectivity index (χ4v) is 6.78. The van der Waals surface area contributed by atoms with Crippen molar-refractivity contribution in [1.29, 1.82) is 0 Å². The molecule has 2 heterocycles. The number of nitrogens with one attached hydrogen (secondary N) is 1. The van der Waals surface area contributed by atoms with E-state index in [0.29, 0.717) is 18.5 Å². The highest BCUT2D eigenvalue weighted by Gasteiger charge is 2.47. The van der Waals surface area contributed by atoms with Crippen molar-refractivity contribution in [3.05, 3.63) is 70.2 Å². The van der Waals surface area contributed by atoms with E-state index in [2.05, 4.69) is 55.3 Å². The van der Waals surface area contributed by atoms with E-state index < -0.39 is 0 Å². The first-order valence-electron chi connectivity index (χ1n) is 14.1. The third-order valence-corrected chi connectivity index (χ3v) is 9.43. The van der Waals surface area contributed by atoms with Crippen molar-refractivity contribution in [2.45, 2.75) is 76.3 Å². The van der Waals surface area contributed by atoms with Gasteiger partial charge in [0.05, 0.1) is 11.3 Å². The van der Waals surface area contributed by atoms with Crippen molar-refractivity contribution in [1.82, 2.24) is 15.1 Å². The lowest BCUT2D eigenvalue weighted by molar-refractivity contribution is -0.138. The van der Waals surface area contributed by atoms with Crippen molar-refractivity contribution in [2.75, 3.05) is 26.2 Å². The Hall–Kier alpha value is -2.18. The van der Waals surface area contributed by atoms with Gasteiger partial charge >= 0.3 is 0 Å².